The number of primary amides is 1. The van der Waals surface area contributed by atoms with Crippen LogP contribution in [-0.4, -0.2) is 47.6 Å². The Kier molecular flexibility index (Phi) is 10.9. The van der Waals surface area contributed by atoms with Crippen molar-refractivity contribution in [1.82, 2.24) is 10.2 Å². The Morgan fingerprint density at radius 1 is 1.00 bits per heavy atom. The molecular weight excluding hydrogens is 527 g/mol. The van der Waals surface area contributed by atoms with Crippen LogP contribution in [0, 0.1) is 5.41 Å². The summed E-state index contributed by atoms with van der Waals surface area (Å²) in [6, 6.07) is 19.1. The summed E-state index contributed by atoms with van der Waals surface area (Å²) in [5.74, 6) is -0.0124. The fourth-order valence-corrected chi connectivity index (χ4v) is 4.14. The lowest BCUT2D eigenvalue weighted by atomic mass is 10.0. The smallest absolute Gasteiger partial charge is 0.309 e. The van der Waals surface area contributed by atoms with Crippen molar-refractivity contribution in [3.63, 3.8) is 0 Å². The first-order valence-corrected chi connectivity index (χ1v) is 11.8. The van der Waals surface area contributed by atoms with Gasteiger partial charge >= 0.3 is 11.8 Å². The lowest BCUT2D eigenvalue weighted by molar-refractivity contribution is -0.137. The predicted molar refractivity (Wildman–Crippen MR) is 155 cm³/mol. The van der Waals surface area contributed by atoms with Crippen molar-refractivity contribution >= 4 is 64.8 Å². The van der Waals surface area contributed by atoms with Crippen molar-refractivity contribution in [3.05, 3.63) is 71.8 Å². The third kappa shape index (κ3) is 7.84. The Morgan fingerprint density at radius 3 is 2.26 bits per heavy atom. The minimum absolute atomic E-state index is 0. The van der Waals surface area contributed by atoms with Crippen molar-refractivity contribution in [2.75, 3.05) is 13.1 Å². The molecule has 0 radical (unpaired) electrons. The number of piperidine rings is 1. The van der Waals surface area contributed by atoms with Gasteiger partial charge in [0.25, 0.3) is 0 Å². The van der Waals surface area contributed by atoms with Gasteiger partial charge in [-0.05, 0) is 59.7 Å². The summed E-state index contributed by atoms with van der Waals surface area (Å²) in [5.41, 5.74) is 13.6. The molecule has 0 aromatic heterocycles. The van der Waals surface area contributed by atoms with E-state index in [-0.39, 0.29) is 37.5 Å². The Bertz CT molecular complexity index is 1320. The van der Waals surface area contributed by atoms with Crippen LogP contribution in [0.3, 0.4) is 0 Å². The third-order valence-corrected chi connectivity index (χ3v) is 6.18. The largest absolute Gasteiger partial charge is 0.490 e. The van der Waals surface area contributed by atoms with E-state index in [4.69, 9.17) is 21.6 Å². The van der Waals surface area contributed by atoms with Crippen molar-refractivity contribution in [3.8, 4) is 5.75 Å². The lowest BCUT2D eigenvalue weighted by Gasteiger charge is -2.32. The molecule has 0 aliphatic carbocycles. The van der Waals surface area contributed by atoms with Crippen LogP contribution in [-0.2, 0) is 16.1 Å². The molecular formula is C27H32Cl2N6O3. The van der Waals surface area contributed by atoms with Crippen molar-refractivity contribution < 1.29 is 14.3 Å². The SMILES string of the molecule is CC(=N)N1CCC(Oc2ccc(N=C(N)c3ccc4cc(CNC(=O)C(N)=O)ccc4c3)cc2)CC1.Cl.Cl. The first kappa shape index (κ1) is 30.4. The molecule has 38 heavy (non-hydrogen) atoms. The van der Waals surface area contributed by atoms with E-state index in [0.29, 0.717) is 11.7 Å². The molecule has 4 rings (SSSR count). The number of hydrogen-bond acceptors (Lipinski definition) is 5. The van der Waals surface area contributed by atoms with Crippen LogP contribution in [0.5, 0.6) is 5.75 Å². The van der Waals surface area contributed by atoms with Gasteiger partial charge in [-0.2, -0.15) is 0 Å². The van der Waals surface area contributed by atoms with Gasteiger partial charge in [-0.25, -0.2) is 4.99 Å². The molecule has 202 valence electrons. The maximum Gasteiger partial charge on any atom is 0.309 e. The number of fused-ring (bicyclic) bond motifs is 1. The normalized spacial score (nSPS) is 13.7. The quantitative estimate of drug-likeness (QED) is 0.207. The van der Waals surface area contributed by atoms with Crippen LogP contribution in [0.1, 0.15) is 30.9 Å². The summed E-state index contributed by atoms with van der Waals surface area (Å²) in [4.78, 5) is 28.8. The molecule has 6 N–H and O–H groups in total. The van der Waals surface area contributed by atoms with Crippen LogP contribution in [0.15, 0.2) is 65.7 Å². The molecule has 9 nitrogen and oxygen atoms in total. The van der Waals surface area contributed by atoms with Gasteiger partial charge in [-0.15, -0.1) is 24.8 Å². The Hall–Kier alpha value is -3.82. The zero-order chi connectivity index (χ0) is 25.7. The molecule has 1 aliphatic heterocycles. The van der Waals surface area contributed by atoms with Crippen molar-refractivity contribution in [2.45, 2.75) is 32.4 Å². The van der Waals surface area contributed by atoms with E-state index in [2.05, 4.69) is 15.2 Å². The number of aliphatic imine (C=N–C) groups is 1. The van der Waals surface area contributed by atoms with Crippen molar-refractivity contribution in [2.24, 2.45) is 16.5 Å². The number of nitrogens with two attached hydrogens (primary N) is 2. The van der Waals surface area contributed by atoms with E-state index in [1.165, 1.54) is 0 Å². The number of amides is 2. The number of halogens is 2. The van der Waals surface area contributed by atoms with Crippen LogP contribution in [0.25, 0.3) is 10.8 Å². The minimum atomic E-state index is -1.01. The van der Waals surface area contributed by atoms with E-state index in [1.807, 2.05) is 67.6 Å². The standard InChI is InChI=1S/C27H30N6O3.2ClH/c1-17(28)33-12-10-24(11-13-33)36-23-8-6-22(7-9-23)32-25(29)21-5-4-19-14-18(2-3-20(19)15-21)16-31-27(35)26(30)34;;/h2-9,14-15,24,28H,10-13,16H2,1H3,(H2,29,32)(H2,30,34)(H,31,35);2*1H. The Balaban J connectivity index is 0.00000253. The average Bonchev–Trinajstić information content (AvgIpc) is 2.88. The van der Waals surface area contributed by atoms with Crippen LogP contribution < -0.4 is 21.5 Å². The molecule has 0 atom stereocenters. The molecule has 1 fully saturated rings. The first-order chi connectivity index (χ1) is 17.3. The fraction of sp³-hybridized carbons (Fsp3) is 0.259. The number of likely N-dealkylation sites (tertiary alicyclic amines) is 1. The molecule has 2 amide bonds. The van der Waals surface area contributed by atoms with Gasteiger partial charge in [0.2, 0.25) is 0 Å². The molecule has 1 saturated heterocycles. The maximum atomic E-state index is 11.4. The highest BCUT2D eigenvalue weighted by Gasteiger charge is 2.20. The van der Waals surface area contributed by atoms with Gasteiger partial charge in [-0.3, -0.25) is 15.0 Å². The highest BCUT2D eigenvalue weighted by molar-refractivity contribution is 6.34. The average molecular weight is 559 g/mol. The maximum absolute atomic E-state index is 11.4. The second-order valence-corrected chi connectivity index (χ2v) is 8.82. The summed E-state index contributed by atoms with van der Waals surface area (Å²) in [5, 5.41) is 12.2. The molecule has 0 saturated carbocycles. The molecule has 1 aliphatic rings. The molecule has 0 bridgehead atoms. The van der Waals surface area contributed by atoms with Gasteiger partial charge in [0.1, 0.15) is 17.7 Å². The first-order valence-electron chi connectivity index (χ1n) is 11.8. The van der Waals surface area contributed by atoms with E-state index in [0.717, 1.165) is 59.3 Å². The highest BCUT2D eigenvalue weighted by atomic mass is 35.5. The molecule has 0 unspecified atom stereocenters. The summed E-state index contributed by atoms with van der Waals surface area (Å²) in [6.45, 7) is 3.72. The second-order valence-electron chi connectivity index (χ2n) is 8.82. The van der Waals surface area contributed by atoms with E-state index in [1.54, 1.807) is 0 Å². The van der Waals surface area contributed by atoms with Crippen LogP contribution in [0.4, 0.5) is 5.69 Å². The number of rotatable bonds is 6. The van der Waals surface area contributed by atoms with Gasteiger partial charge < -0.3 is 26.4 Å². The zero-order valence-electron chi connectivity index (χ0n) is 21.0. The monoisotopic (exact) mass is 558 g/mol. The minimum Gasteiger partial charge on any atom is -0.490 e. The number of carbonyl (C=O) groups is 2. The number of benzene rings is 3. The number of carbonyl (C=O) groups excluding carboxylic acids is 2. The lowest BCUT2D eigenvalue weighted by Crippen LogP contribution is -2.40. The van der Waals surface area contributed by atoms with E-state index < -0.39 is 11.8 Å². The van der Waals surface area contributed by atoms with Gasteiger partial charge in [0.15, 0.2) is 0 Å². The number of hydrogen-bond donors (Lipinski definition) is 4. The third-order valence-electron chi connectivity index (χ3n) is 6.18. The van der Waals surface area contributed by atoms with Gasteiger partial charge in [-0.1, -0.05) is 24.3 Å². The highest BCUT2D eigenvalue weighted by Crippen LogP contribution is 2.24. The zero-order valence-corrected chi connectivity index (χ0v) is 22.6. The number of amidine groups is 2. The second kappa shape index (κ2) is 13.6. The van der Waals surface area contributed by atoms with Crippen LogP contribution in [0.2, 0.25) is 0 Å². The molecule has 1 heterocycles. The summed E-state index contributed by atoms with van der Waals surface area (Å²) in [7, 11) is 0. The topological polar surface area (TPSA) is 147 Å². The number of nitrogens with one attached hydrogen (secondary N) is 2. The predicted octanol–water partition coefficient (Wildman–Crippen LogP) is 3.66. The summed E-state index contributed by atoms with van der Waals surface area (Å²) >= 11 is 0. The molecule has 0 spiro atoms. The molecule has 11 heteroatoms. The molecule has 3 aromatic rings. The summed E-state index contributed by atoms with van der Waals surface area (Å²) < 4.78 is 6.10. The van der Waals surface area contributed by atoms with Crippen LogP contribution >= 0.6 is 24.8 Å². The molecule has 3 aromatic carbocycles. The van der Waals surface area contributed by atoms with Crippen molar-refractivity contribution in [1.29, 1.82) is 5.41 Å². The summed E-state index contributed by atoms with van der Waals surface area (Å²) in [6.07, 6.45) is 1.95. The number of ether oxygens (including phenoxy) is 1. The Labute approximate surface area is 233 Å². The Morgan fingerprint density at radius 2 is 1.63 bits per heavy atom. The number of nitrogens with zero attached hydrogens (tertiary/aromatic N) is 2. The van der Waals surface area contributed by atoms with E-state index >= 15 is 0 Å². The van der Waals surface area contributed by atoms with Gasteiger partial charge in [0.05, 0.1) is 11.5 Å². The fourth-order valence-electron chi connectivity index (χ4n) is 4.14. The van der Waals surface area contributed by atoms with Gasteiger partial charge in [0, 0.05) is 38.0 Å². The van der Waals surface area contributed by atoms with E-state index in [9.17, 15) is 9.59 Å².